The Morgan fingerprint density at radius 2 is 1.89 bits per heavy atom. The number of carbonyl (C=O) groups is 1. The number of nitrogen functional groups attached to an aromatic ring is 1. The zero-order valence-corrected chi connectivity index (χ0v) is 11.8. The number of piperidine rings is 1. The van der Waals surface area contributed by atoms with E-state index in [1.54, 1.807) is 4.90 Å². The van der Waals surface area contributed by atoms with Crippen molar-refractivity contribution in [1.82, 2.24) is 9.80 Å². The monoisotopic (exact) mass is 261 g/mol. The number of urea groups is 1. The molecule has 1 fully saturated rings. The van der Waals surface area contributed by atoms with Gasteiger partial charge in [0.15, 0.2) is 0 Å². The van der Waals surface area contributed by atoms with Gasteiger partial charge in [-0.25, -0.2) is 4.79 Å². The van der Waals surface area contributed by atoms with Gasteiger partial charge in [-0.2, -0.15) is 0 Å². The number of amides is 2. The smallest absolute Gasteiger partial charge is 0.320 e. The van der Waals surface area contributed by atoms with Crippen molar-refractivity contribution in [1.29, 1.82) is 0 Å². The third-order valence-electron chi connectivity index (χ3n) is 3.78. The highest BCUT2D eigenvalue weighted by Crippen LogP contribution is 2.17. The molecule has 0 bridgehead atoms. The summed E-state index contributed by atoms with van der Waals surface area (Å²) < 4.78 is 0. The minimum atomic E-state index is 0.128. The topological polar surface area (TPSA) is 49.6 Å². The molecule has 104 valence electrons. The van der Waals surface area contributed by atoms with Crippen molar-refractivity contribution in [2.24, 2.45) is 5.92 Å². The molecule has 19 heavy (non-hydrogen) atoms. The Morgan fingerprint density at radius 3 is 2.47 bits per heavy atom. The predicted molar refractivity (Wildman–Crippen MR) is 77.7 cm³/mol. The van der Waals surface area contributed by atoms with Gasteiger partial charge in [0.05, 0.1) is 0 Å². The molecule has 2 amide bonds. The fourth-order valence-corrected chi connectivity index (χ4v) is 2.41. The Kier molecular flexibility index (Phi) is 4.30. The molecular weight excluding hydrogens is 238 g/mol. The number of likely N-dealkylation sites (tertiary alicyclic amines) is 1. The van der Waals surface area contributed by atoms with Crippen LogP contribution in [0.1, 0.15) is 25.3 Å². The number of rotatable bonds is 2. The van der Waals surface area contributed by atoms with Gasteiger partial charge in [-0.1, -0.05) is 19.1 Å². The third-order valence-corrected chi connectivity index (χ3v) is 3.78. The van der Waals surface area contributed by atoms with Gasteiger partial charge >= 0.3 is 6.03 Å². The highest BCUT2D eigenvalue weighted by Gasteiger charge is 2.22. The predicted octanol–water partition coefficient (Wildman–Crippen LogP) is 2.55. The van der Waals surface area contributed by atoms with Crippen molar-refractivity contribution in [3.63, 3.8) is 0 Å². The van der Waals surface area contributed by atoms with Gasteiger partial charge in [0, 0.05) is 32.4 Å². The number of hydrogen-bond acceptors (Lipinski definition) is 2. The fourth-order valence-electron chi connectivity index (χ4n) is 2.41. The van der Waals surface area contributed by atoms with Gasteiger partial charge in [0.2, 0.25) is 0 Å². The standard InChI is InChI=1S/C15H23N3O/c1-12-7-9-18(10-8-12)15(19)17(2)11-13-3-5-14(16)6-4-13/h3-6,12H,7-11,16H2,1-2H3. The van der Waals surface area contributed by atoms with Crippen molar-refractivity contribution in [2.45, 2.75) is 26.3 Å². The molecule has 0 aliphatic carbocycles. The molecule has 0 unspecified atom stereocenters. The van der Waals surface area contributed by atoms with Gasteiger partial charge in [-0.15, -0.1) is 0 Å². The zero-order valence-electron chi connectivity index (χ0n) is 11.8. The van der Waals surface area contributed by atoms with E-state index in [-0.39, 0.29) is 6.03 Å². The summed E-state index contributed by atoms with van der Waals surface area (Å²) in [5.41, 5.74) is 7.52. The molecule has 2 N–H and O–H groups in total. The lowest BCUT2D eigenvalue weighted by atomic mass is 9.99. The Hall–Kier alpha value is -1.71. The van der Waals surface area contributed by atoms with Gasteiger partial charge in [-0.3, -0.25) is 0 Å². The van der Waals surface area contributed by atoms with E-state index in [2.05, 4.69) is 6.92 Å². The lowest BCUT2D eigenvalue weighted by molar-refractivity contribution is 0.141. The molecule has 1 aliphatic rings. The number of nitrogens with zero attached hydrogens (tertiary/aromatic N) is 2. The second kappa shape index (κ2) is 5.95. The maximum atomic E-state index is 12.3. The molecule has 0 spiro atoms. The van der Waals surface area contributed by atoms with Crippen LogP contribution < -0.4 is 5.73 Å². The van der Waals surface area contributed by atoms with Crippen molar-refractivity contribution in [3.05, 3.63) is 29.8 Å². The maximum Gasteiger partial charge on any atom is 0.320 e. The Balaban J connectivity index is 1.90. The van der Waals surface area contributed by atoms with Crippen LogP contribution in [0, 0.1) is 5.92 Å². The highest BCUT2D eigenvalue weighted by atomic mass is 16.2. The first kappa shape index (κ1) is 13.7. The quantitative estimate of drug-likeness (QED) is 0.832. The van der Waals surface area contributed by atoms with Gasteiger partial charge < -0.3 is 15.5 Å². The summed E-state index contributed by atoms with van der Waals surface area (Å²) in [7, 11) is 1.86. The molecule has 2 rings (SSSR count). The zero-order chi connectivity index (χ0) is 13.8. The van der Waals surface area contributed by atoms with Crippen LogP contribution in [-0.2, 0) is 6.54 Å². The van der Waals surface area contributed by atoms with Crippen LogP contribution in [0.2, 0.25) is 0 Å². The largest absolute Gasteiger partial charge is 0.399 e. The van der Waals surface area contributed by atoms with Crippen LogP contribution in [0.25, 0.3) is 0 Å². The highest BCUT2D eigenvalue weighted by molar-refractivity contribution is 5.74. The lowest BCUT2D eigenvalue weighted by Crippen LogP contribution is -2.44. The van der Waals surface area contributed by atoms with Crippen LogP contribution in [0.15, 0.2) is 24.3 Å². The summed E-state index contributed by atoms with van der Waals surface area (Å²) in [6, 6.07) is 7.81. The summed E-state index contributed by atoms with van der Waals surface area (Å²) in [6.45, 7) is 4.64. The summed E-state index contributed by atoms with van der Waals surface area (Å²) in [5.74, 6) is 0.742. The van der Waals surface area contributed by atoms with Gasteiger partial charge in [0.25, 0.3) is 0 Å². The SMILES string of the molecule is CC1CCN(C(=O)N(C)Cc2ccc(N)cc2)CC1. The molecule has 1 aliphatic heterocycles. The van der Waals surface area contributed by atoms with E-state index in [1.165, 1.54) is 0 Å². The van der Waals surface area contributed by atoms with Crippen molar-refractivity contribution >= 4 is 11.7 Å². The average Bonchev–Trinajstić information content (AvgIpc) is 2.41. The van der Waals surface area contributed by atoms with Crippen LogP contribution in [-0.4, -0.2) is 36.0 Å². The van der Waals surface area contributed by atoms with Crippen molar-refractivity contribution in [3.8, 4) is 0 Å². The number of nitrogens with two attached hydrogens (primary N) is 1. The molecule has 0 radical (unpaired) electrons. The number of carbonyl (C=O) groups excluding carboxylic acids is 1. The normalized spacial score (nSPS) is 16.4. The van der Waals surface area contributed by atoms with E-state index in [9.17, 15) is 4.79 Å². The van der Waals surface area contributed by atoms with Crippen LogP contribution in [0.5, 0.6) is 0 Å². The van der Waals surface area contributed by atoms with Crippen LogP contribution in [0.3, 0.4) is 0 Å². The molecule has 1 aromatic carbocycles. The lowest BCUT2D eigenvalue weighted by Gasteiger charge is -2.33. The minimum absolute atomic E-state index is 0.128. The Morgan fingerprint density at radius 1 is 1.32 bits per heavy atom. The van der Waals surface area contributed by atoms with E-state index in [0.717, 1.165) is 43.1 Å². The first-order chi connectivity index (χ1) is 9.06. The summed E-state index contributed by atoms with van der Waals surface area (Å²) in [5, 5.41) is 0. The van der Waals surface area contributed by atoms with E-state index in [1.807, 2.05) is 36.2 Å². The van der Waals surface area contributed by atoms with Gasteiger partial charge in [0.1, 0.15) is 0 Å². The molecule has 0 saturated carbocycles. The summed E-state index contributed by atoms with van der Waals surface area (Å²) in [4.78, 5) is 16.0. The third kappa shape index (κ3) is 3.63. The van der Waals surface area contributed by atoms with Gasteiger partial charge in [-0.05, 0) is 36.5 Å². The van der Waals surface area contributed by atoms with Crippen molar-refractivity contribution in [2.75, 3.05) is 25.9 Å². The molecule has 0 aromatic heterocycles. The fraction of sp³-hybridized carbons (Fsp3) is 0.533. The minimum Gasteiger partial charge on any atom is -0.399 e. The molecular formula is C15H23N3O. The summed E-state index contributed by atoms with van der Waals surface area (Å²) in [6.07, 6.45) is 2.23. The maximum absolute atomic E-state index is 12.3. The average molecular weight is 261 g/mol. The Bertz CT molecular complexity index is 422. The first-order valence-corrected chi connectivity index (χ1v) is 6.90. The van der Waals surface area contributed by atoms with Crippen LogP contribution in [0.4, 0.5) is 10.5 Å². The van der Waals surface area contributed by atoms with E-state index in [0.29, 0.717) is 6.54 Å². The number of hydrogen-bond donors (Lipinski definition) is 1. The molecule has 1 saturated heterocycles. The molecule has 0 atom stereocenters. The van der Waals surface area contributed by atoms with Crippen molar-refractivity contribution < 1.29 is 4.79 Å². The number of benzene rings is 1. The van der Waals surface area contributed by atoms with Crippen LogP contribution >= 0.6 is 0 Å². The van der Waals surface area contributed by atoms with E-state index >= 15 is 0 Å². The number of anilines is 1. The second-order valence-electron chi connectivity index (χ2n) is 5.55. The Labute approximate surface area is 115 Å². The molecule has 1 heterocycles. The van der Waals surface area contributed by atoms with E-state index < -0.39 is 0 Å². The summed E-state index contributed by atoms with van der Waals surface area (Å²) >= 11 is 0. The first-order valence-electron chi connectivity index (χ1n) is 6.90. The molecule has 4 nitrogen and oxygen atoms in total. The second-order valence-corrected chi connectivity index (χ2v) is 5.55. The molecule has 1 aromatic rings. The molecule has 4 heteroatoms. The van der Waals surface area contributed by atoms with E-state index in [4.69, 9.17) is 5.73 Å².